The van der Waals surface area contributed by atoms with Crippen molar-refractivity contribution in [3.05, 3.63) is 23.9 Å². The Labute approximate surface area is 147 Å². The normalized spacial score (nSPS) is 23.4. The van der Waals surface area contributed by atoms with Gasteiger partial charge in [-0.05, 0) is 50.2 Å². The predicted molar refractivity (Wildman–Crippen MR) is 94.6 cm³/mol. The molecule has 1 aromatic heterocycles. The molecule has 1 saturated heterocycles. The topological polar surface area (TPSA) is 69.0 Å². The first kappa shape index (κ1) is 17.2. The SMILES string of the molecule is N#Cc1ccc(SCC2CCC(NCC(=O)N3CCCC3)C2)nc1. The van der Waals surface area contributed by atoms with Gasteiger partial charge in [-0.3, -0.25) is 4.79 Å². The average molecular weight is 344 g/mol. The molecule has 2 heterocycles. The number of hydrogen-bond acceptors (Lipinski definition) is 5. The van der Waals surface area contributed by atoms with Crippen LogP contribution < -0.4 is 5.32 Å². The van der Waals surface area contributed by atoms with Gasteiger partial charge >= 0.3 is 0 Å². The van der Waals surface area contributed by atoms with E-state index in [-0.39, 0.29) is 5.91 Å². The van der Waals surface area contributed by atoms with Crippen molar-refractivity contribution >= 4 is 17.7 Å². The van der Waals surface area contributed by atoms with Crippen LogP contribution in [-0.2, 0) is 4.79 Å². The smallest absolute Gasteiger partial charge is 0.236 e. The molecule has 0 bridgehead atoms. The van der Waals surface area contributed by atoms with E-state index in [1.165, 1.54) is 6.42 Å². The van der Waals surface area contributed by atoms with Gasteiger partial charge in [0.2, 0.25) is 5.91 Å². The zero-order valence-electron chi connectivity index (χ0n) is 13.9. The molecule has 1 aliphatic carbocycles. The maximum atomic E-state index is 12.1. The molecule has 5 nitrogen and oxygen atoms in total. The number of nitrogens with one attached hydrogen (secondary N) is 1. The number of carbonyl (C=O) groups excluding carboxylic acids is 1. The summed E-state index contributed by atoms with van der Waals surface area (Å²) in [5.74, 6) is 1.98. The van der Waals surface area contributed by atoms with Gasteiger partial charge in [0.15, 0.2) is 0 Å². The summed E-state index contributed by atoms with van der Waals surface area (Å²) in [6.45, 7) is 2.35. The molecular weight excluding hydrogens is 320 g/mol. The summed E-state index contributed by atoms with van der Waals surface area (Å²) in [4.78, 5) is 18.4. The minimum atomic E-state index is 0.257. The largest absolute Gasteiger partial charge is 0.342 e. The Morgan fingerprint density at radius 2 is 2.21 bits per heavy atom. The fourth-order valence-corrected chi connectivity index (χ4v) is 4.46. The number of nitrogens with zero attached hydrogens (tertiary/aromatic N) is 3. The van der Waals surface area contributed by atoms with Gasteiger partial charge < -0.3 is 10.2 Å². The number of carbonyl (C=O) groups is 1. The van der Waals surface area contributed by atoms with Crippen molar-refractivity contribution in [2.75, 3.05) is 25.4 Å². The van der Waals surface area contributed by atoms with Gasteiger partial charge in [0.1, 0.15) is 6.07 Å². The molecule has 2 atom stereocenters. The fourth-order valence-electron chi connectivity index (χ4n) is 3.46. The number of aromatic nitrogens is 1. The van der Waals surface area contributed by atoms with Crippen LogP contribution in [-0.4, -0.2) is 47.2 Å². The first-order valence-corrected chi connectivity index (χ1v) is 9.73. The van der Waals surface area contributed by atoms with Crippen LogP contribution in [0.1, 0.15) is 37.7 Å². The minimum Gasteiger partial charge on any atom is -0.342 e. The molecule has 0 radical (unpaired) electrons. The van der Waals surface area contributed by atoms with Crippen LogP contribution in [0.15, 0.2) is 23.4 Å². The minimum absolute atomic E-state index is 0.257. The number of likely N-dealkylation sites (tertiary alicyclic amines) is 1. The van der Waals surface area contributed by atoms with Gasteiger partial charge in [-0.2, -0.15) is 5.26 Å². The Balaban J connectivity index is 1.35. The van der Waals surface area contributed by atoms with Crippen molar-refractivity contribution in [2.45, 2.75) is 43.2 Å². The maximum absolute atomic E-state index is 12.1. The predicted octanol–water partition coefficient (Wildman–Crippen LogP) is 2.43. The average Bonchev–Trinajstić information content (AvgIpc) is 3.30. The molecule has 24 heavy (non-hydrogen) atoms. The number of hydrogen-bond donors (Lipinski definition) is 1. The zero-order valence-corrected chi connectivity index (χ0v) is 14.7. The third-order valence-corrected chi connectivity index (χ3v) is 6.05. The quantitative estimate of drug-likeness (QED) is 0.803. The van der Waals surface area contributed by atoms with E-state index in [9.17, 15) is 4.79 Å². The highest BCUT2D eigenvalue weighted by molar-refractivity contribution is 7.99. The van der Waals surface area contributed by atoms with Crippen molar-refractivity contribution in [3.63, 3.8) is 0 Å². The van der Waals surface area contributed by atoms with Crippen molar-refractivity contribution in [3.8, 4) is 6.07 Å². The summed E-state index contributed by atoms with van der Waals surface area (Å²) in [5.41, 5.74) is 0.604. The van der Waals surface area contributed by atoms with E-state index < -0.39 is 0 Å². The summed E-state index contributed by atoms with van der Waals surface area (Å²) in [7, 11) is 0. The second-order valence-electron chi connectivity index (χ2n) is 6.65. The Morgan fingerprint density at radius 1 is 1.38 bits per heavy atom. The Kier molecular flexibility index (Phi) is 6.11. The van der Waals surface area contributed by atoms with Gasteiger partial charge in [0, 0.05) is 31.1 Å². The van der Waals surface area contributed by atoms with Gasteiger partial charge in [-0.1, -0.05) is 0 Å². The van der Waals surface area contributed by atoms with E-state index in [1.807, 2.05) is 17.0 Å². The number of thioether (sulfide) groups is 1. The molecule has 2 aliphatic rings. The molecule has 2 unspecified atom stereocenters. The van der Waals surface area contributed by atoms with E-state index >= 15 is 0 Å². The first-order chi connectivity index (χ1) is 11.7. The lowest BCUT2D eigenvalue weighted by Gasteiger charge is -2.18. The number of rotatable bonds is 6. The van der Waals surface area contributed by atoms with E-state index in [4.69, 9.17) is 5.26 Å². The lowest BCUT2D eigenvalue weighted by atomic mass is 10.1. The third-order valence-electron chi connectivity index (χ3n) is 4.87. The molecular formula is C18H24N4OS. The van der Waals surface area contributed by atoms with Crippen LogP contribution in [0.2, 0.25) is 0 Å². The van der Waals surface area contributed by atoms with Crippen LogP contribution in [0.25, 0.3) is 0 Å². The highest BCUT2D eigenvalue weighted by Crippen LogP contribution is 2.30. The number of pyridine rings is 1. The Morgan fingerprint density at radius 3 is 2.92 bits per heavy atom. The molecule has 1 saturated carbocycles. The zero-order chi connectivity index (χ0) is 16.8. The second kappa shape index (κ2) is 8.50. The van der Waals surface area contributed by atoms with Crippen LogP contribution in [0, 0.1) is 17.2 Å². The third kappa shape index (κ3) is 4.71. The van der Waals surface area contributed by atoms with E-state index in [0.717, 1.165) is 49.6 Å². The molecule has 1 amide bonds. The molecule has 6 heteroatoms. The summed E-state index contributed by atoms with van der Waals surface area (Å²) < 4.78 is 0. The van der Waals surface area contributed by atoms with Crippen LogP contribution in [0.5, 0.6) is 0 Å². The van der Waals surface area contributed by atoms with E-state index in [2.05, 4.69) is 16.4 Å². The lowest BCUT2D eigenvalue weighted by molar-refractivity contribution is -0.129. The van der Waals surface area contributed by atoms with E-state index in [0.29, 0.717) is 24.1 Å². The number of nitriles is 1. The molecule has 128 valence electrons. The van der Waals surface area contributed by atoms with Crippen molar-refractivity contribution < 1.29 is 4.79 Å². The summed E-state index contributed by atoms with van der Waals surface area (Å²) in [6, 6.07) is 6.30. The Bertz CT molecular complexity index is 592. The molecule has 1 aliphatic heterocycles. The Hall–Kier alpha value is -1.58. The monoisotopic (exact) mass is 344 g/mol. The highest BCUT2D eigenvalue weighted by atomic mass is 32.2. The van der Waals surface area contributed by atoms with E-state index in [1.54, 1.807) is 18.0 Å². The highest BCUT2D eigenvalue weighted by Gasteiger charge is 2.26. The molecule has 2 fully saturated rings. The number of amides is 1. The molecule has 0 spiro atoms. The molecule has 3 rings (SSSR count). The summed E-state index contributed by atoms with van der Waals surface area (Å²) >= 11 is 1.76. The van der Waals surface area contributed by atoms with Crippen LogP contribution >= 0.6 is 11.8 Å². The first-order valence-electron chi connectivity index (χ1n) is 8.74. The maximum Gasteiger partial charge on any atom is 0.236 e. The molecule has 1 aromatic rings. The van der Waals surface area contributed by atoms with Crippen molar-refractivity contribution in [1.82, 2.24) is 15.2 Å². The second-order valence-corrected chi connectivity index (χ2v) is 7.69. The molecule has 1 N–H and O–H groups in total. The standard InChI is InChI=1S/C18H24N4OS/c19-10-15-4-6-17(21-11-15)24-13-14-3-5-16(9-14)20-12-18(23)22-7-1-2-8-22/h4,6,11,14,16,20H,1-3,5,7-9,12-13H2. The van der Waals surface area contributed by atoms with Crippen molar-refractivity contribution in [2.24, 2.45) is 5.92 Å². The van der Waals surface area contributed by atoms with Crippen LogP contribution in [0.4, 0.5) is 0 Å². The summed E-state index contributed by atoms with van der Waals surface area (Å²) in [6.07, 6.45) is 7.43. The lowest BCUT2D eigenvalue weighted by Crippen LogP contribution is -2.39. The summed E-state index contributed by atoms with van der Waals surface area (Å²) in [5, 5.41) is 13.2. The molecule has 0 aromatic carbocycles. The van der Waals surface area contributed by atoms with Gasteiger partial charge in [0.25, 0.3) is 0 Å². The van der Waals surface area contributed by atoms with Gasteiger partial charge in [-0.15, -0.1) is 11.8 Å². The van der Waals surface area contributed by atoms with Crippen molar-refractivity contribution in [1.29, 1.82) is 5.26 Å². The fraction of sp³-hybridized carbons (Fsp3) is 0.611. The van der Waals surface area contributed by atoms with Gasteiger partial charge in [0.05, 0.1) is 17.1 Å². The van der Waals surface area contributed by atoms with Crippen LogP contribution in [0.3, 0.4) is 0 Å². The van der Waals surface area contributed by atoms with Gasteiger partial charge in [-0.25, -0.2) is 4.98 Å².